The maximum absolute atomic E-state index is 5.71. The first-order valence-electron chi connectivity index (χ1n) is 6.17. The second-order valence-electron chi connectivity index (χ2n) is 4.16. The SMILES string of the molecule is CCC(CC)CN(CC)c1ccnc(N)c1. The van der Waals surface area contributed by atoms with E-state index in [1.807, 2.05) is 12.1 Å². The molecule has 0 saturated carbocycles. The highest BCUT2D eigenvalue weighted by molar-refractivity contribution is 5.51. The van der Waals surface area contributed by atoms with E-state index in [2.05, 4.69) is 30.7 Å². The van der Waals surface area contributed by atoms with Crippen LogP contribution in [0.15, 0.2) is 18.3 Å². The number of hydrogen-bond donors (Lipinski definition) is 1. The van der Waals surface area contributed by atoms with Crippen molar-refractivity contribution in [3.63, 3.8) is 0 Å². The zero-order valence-corrected chi connectivity index (χ0v) is 10.6. The monoisotopic (exact) mass is 221 g/mol. The Morgan fingerprint density at radius 3 is 2.50 bits per heavy atom. The van der Waals surface area contributed by atoms with Gasteiger partial charge in [-0.2, -0.15) is 0 Å². The van der Waals surface area contributed by atoms with Crippen LogP contribution in [-0.2, 0) is 0 Å². The van der Waals surface area contributed by atoms with Gasteiger partial charge >= 0.3 is 0 Å². The zero-order chi connectivity index (χ0) is 12.0. The van der Waals surface area contributed by atoms with Crippen molar-refractivity contribution in [1.29, 1.82) is 0 Å². The number of anilines is 2. The summed E-state index contributed by atoms with van der Waals surface area (Å²) in [6, 6.07) is 3.98. The van der Waals surface area contributed by atoms with Crippen LogP contribution in [0.2, 0.25) is 0 Å². The Morgan fingerprint density at radius 1 is 1.31 bits per heavy atom. The summed E-state index contributed by atoms with van der Waals surface area (Å²) >= 11 is 0. The summed E-state index contributed by atoms with van der Waals surface area (Å²) in [4.78, 5) is 6.40. The summed E-state index contributed by atoms with van der Waals surface area (Å²) in [5.74, 6) is 1.36. The molecular weight excluding hydrogens is 198 g/mol. The van der Waals surface area contributed by atoms with Gasteiger partial charge in [0.1, 0.15) is 5.82 Å². The molecule has 3 nitrogen and oxygen atoms in total. The molecule has 0 aromatic carbocycles. The zero-order valence-electron chi connectivity index (χ0n) is 10.6. The second kappa shape index (κ2) is 6.36. The summed E-state index contributed by atoms with van der Waals surface area (Å²) in [6.07, 6.45) is 4.24. The van der Waals surface area contributed by atoms with Gasteiger partial charge in [0.25, 0.3) is 0 Å². The Hall–Kier alpha value is -1.25. The van der Waals surface area contributed by atoms with Crippen molar-refractivity contribution in [3.8, 4) is 0 Å². The van der Waals surface area contributed by atoms with E-state index in [4.69, 9.17) is 5.73 Å². The molecule has 1 aromatic rings. The van der Waals surface area contributed by atoms with E-state index in [0.717, 1.165) is 19.0 Å². The van der Waals surface area contributed by atoms with Crippen LogP contribution in [0.5, 0.6) is 0 Å². The number of nitrogens with two attached hydrogens (primary N) is 1. The summed E-state index contributed by atoms with van der Waals surface area (Å²) < 4.78 is 0. The average molecular weight is 221 g/mol. The number of nitrogen functional groups attached to an aromatic ring is 1. The molecule has 2 N–H and O–H groups in total. The summed E-state index contributed by atoms with van der Waals surface area (Å²) in [5, 5.41) is 0. The first-order chi connectivity index (χ1) is 7.71. The molecule has 0 aliphatic rings. The molecule has 16 heavy (non-hydrogen) atoms. The van der Waals surface area contributed by atoms with Gasteiger partial charge in [0.15, 0.2) is 0 Å². The van der Waals surface area contributed by atoms with Gasteiger partial charge in [0.05, 0.1) is 0 Å². The van der Waals surface area contributed by atoms with E-state index in [1.54, 1.807) is 6.20 Å². The Bertz CT molecular complexity index is 308. The highest BCUT2D eigenvalue weighted by Crippen LogP contribution is 2.19. The maximum atomic E-state index is 5.71. The van der Waals surface area contributed by atoms with E-state index in [0.29, 0.717) is 5.82 Å². The lowest BCUT2D eigenvalue weighted by atomic mass is 10.0. The summed E-state index contributed by atoms with van der Waals surface area (Å²) in [7, 11) is 0. The van der Waals surface area contributed by atoms with Gasteiger partial charge in [-0.15, -0.1) is 0 Å². The smallest absolute Gasteiger partial charge is 0.125 e. The van der Waals surface area contributed by atoms with Crippen molar-refractivity contribution >= 4 is 11.5 Å². The third-order valence-corrected chi connectivity index (χ3v) is 3.14. The van der Waals surface area contributed by atoms with Crippen molar-refractivity contribution in [3.05, 3.63) is 18.3 Å². The molecule has 1 rings (SSSR count). The number of rotatable bonds is 6. The van der Waals surface area contributed by atoms with Crippen LogP contribution in [0.3, 0.4) is 0 Å². The van der Waals surface area contributed by atoms with Gasteiger partial charge in [0, 0.05) is 31.0 Å². The maximum Gasteiger partial charge on any atom is 0.125 e. The quantitative estimate of drug-likeness (QED) is 0.803. The van der Waals surface area contributed by atoms with Crippen molar-refractivity contribution < 1.29 is 0 Å². The molecule has 0 amide bonds. The van der Waals surface area contributed by atoms with Crippen molar-refractivity contribution in [2.24, 2.45) is 5.92 Å². The third kappa shape index (κ3) is 3.40. The fraction of sp³-hybridized carbons (Fsp3) is 0.615. The van der Waals surface area contributed by atoms with Gasteiger partial charge in [0.2, 0.25) is 0 Å². The number of pyridine rings is 1. The van der Waals surface area contributed by atoms with Crippen LogP contribution in [0.25, 0.3) is 0 Å². The van der Waals surface area contributed by atoms with Gasteiger partial charge in [-0.3, -0.25) is 0 Å². The van der Waals surface area contributed by atoms with Crippen LogP contribution in [0.1, 0.15) is 33.6 Å². The molecular formula is C13H23N3. The van der Waals surface area contributed by atoms with E-state index < -0.39 is 0 Å². The predicted octanol–water partition coefficient (Wildman–Crippen LogP) is 2.93. The van der Waals surface area contributed by atoms with Crippen LogP contribution < -0.4 is 10.6 Å². The topological polar surface area (TPSA) is 42.2 Å². The molecule has 1 aromatic heterocycles. The molecule has 0 bridgehead atoms. The van der Waals surface area contributed by atoms with E-state index in [9.17, 15) is 0 Å². The molecule has 0 fully saturated rings. The van der Waals surface area contributed by atoms with Crippen molar-refractivity contribution in [1.82, 2.24) is 4.98 Å². The molecule has 0 unspecified atom stereocenters. The van der Waals surface area contributed by atoms with Crippen molar-refractivity contribution in [2.45, 2.75) is 33.6 Å². The minimum Gasteiger partial charge on any atom is -0.384 e. The third-order valence-electron chi connectivity index (χ3n) is 3.14. The number of nitrogens with zero attached hydrogens (tertiary/aromatic N) is 2. The molecule has 0 spiro atoms. The fourth-order valence-electron chi connectivity index (χ4n) is 1.91. The van der Waals surface area contributed by atoms with Crippen molar-refractivity contribution in [2.75, 3.05) is 23.7 Å². The normalized spacial score (nSPS) is 10.8. The summed E-state index contributed by atoms with van der Waals surface area (Å²) in [5.41, 5.74) is 6.89. The number of hydrogen-bond acceptors (Lipinski definition) is 3. The first-order valence-corrected chi connectivity index (χ1v) is 6.17. The molecule has 90 valence electrons. The van der Waals surface area contributed by atoms with Gasteiger partial charge < -0.3 is 10.6 Å². The minimum absolute atomic E-state index is 0.598. The Labute approximate surface area is 98.7 Å². The molecule has 0 atom stereocenters. The van der Waals surface area contributed by atoms with Crippen LogP contribution in [0.4, 0.5) is 11.5 Å². The lowest BCUT2D eigenvalue weighted by molar-refractivity contribution is 0.486. The molecule has 1 heterocycles. The standard InChI is InChI=1S/C13H23N3/c1-4-11(5-2)10-16(6-3)12-7-8-15-13(14)9-12/h7-9,11H,4-6,10H2,1-3H3,(H2,14,15). The lowest BCUT2D eigenvalue weighted by Gasteiger charge is -2.27. The Kier molecular flexibility index (Phi) is 5.09. The first kappa shape index (κ1) is 12.8. The van der Waals surface area contributed by atoms with E-state index in [-0.39, 0.29) is 0 Å². The molecule has 0 radical (unpaired) electrons. The highest BCUT2D eigenvalue weighted by Gasteiger charge is 2.10. The second-order valence-corrected chi connectivity index (χ2v) is 4.16. The van der Waals surface area contributed by atoms with Gasteiger partial charge in [-0.1, -0.05) is 26.7 Å². The predicted molar refractivity (Wildman–Crippen MR) is 70.6 cm³/mol. The molecule has 0 aliphatic heterocycles. The van der Waals surface area contributed by atoms with Crippen LogP contribution in [0, 0.1) is 5.92 Å². The molecule has 3 heteroatoms. The van der Waals surface area contributed by atoms with Crippen LogP contribution in [-0.4, -0.2) is 18.1 Å². The fourth-order valence-corrected chi connectivity index (χ4v) is 1.91. The lowest BCUT2D eigenvalue weighted by Crippen LogP contribution is -2.29. The Morgan fingerprint density at radius 2 is 2.00 bits per heavy atom. The van der Waals surface area contributed by atoms with E-state index in [1.165, 1.54) is 18.5 Å². The summed E-state index contributed by atoms with van der Waals surface area (Å²) in [6.45, 7) is 8.80. The molecule has 0 saturated heterocycles. The van der Waals surface area contributed by atoms with Crippen LogP contribution >= 0.6 is 0 Å². The Balaban J connectivity index is 2.74. The highest BCUT2D eigenvalue weighted by atomic mass is 15.1. The largest absolute Gasteiger partial charge is 0.384 e. The minimum atomic E-state index is 0.598. The van der Waals surface area contributed by atoms with E-state index >= 15 is 0 Å². The van der Waals surface area contributed by atoms with Gasteiger partial charge in [-0.25, -0.2) is 4.98 Å². The van der Waals surface area contributed by atoms with Gasteiger partial charge in [-0.05, 0) is 18.9 Å². The molecule has 0 aliphatic carbocycles. The number of aromatic nitrogens is 1. The average Bonchev–Trinajstić information content (AvgIpc) is 2.31.